The molecule has 25 heavy (non-hydrogen) atoms. The van der Waals surface area contributed by atoms with Crippen molar-refractivity contribution < 1.29 is 26.7 Å². The van der Waals surface area contributed by atoms with Crippen LogP contribution in [0.3, 0.4) is 0 Å². The second-order valence-corrected chi connectivity index (χ2v) is 8.09. The fourth-order valence-corrected chi connectivity index (χ4v) is 4.09. The smallest absolute Gasteiger partial charge is 0.411 e. The molecule has 0 bridgehead atoms. The van der Waals surface area contributed by atoms with E-state index in [0.29, 0.717) is 0 Å². The summed E-state index contributed by atoms with van der Waals surface area (Å²) in [7, 11) is -5.13. The highest BCUT2D eigenvalue weighted by molar-refractivity contribution is 9.10. The highest BCUT2D eigenvalue weighted by atomic mass is 79.9. The Hall–Kier alpha value is -1.30. The van der Waals surface area contributed by atoms with Gasteiger partial charge in [0.2, 0.25) is 21.1 Å². The molecule has 2 aromatic rings. The Kier molecular flexibility index (Phi) is 5.71. The number of aromatic hydroxyl groups is 1. The van der Waals surface area contributed by atoms with Crippen molar-refractivity contribution in [3.8, 4) is 5.88 Å². The minimum Gasteiger partial charge on any atom is -0.491 e. The first-order valence-corrected chi connectivity index (χ1v) is 9.25. The van der Waals surface area contributed by atoms with Gasteiger partial charge >= 0.3 is 6.18 Å². The van der Waals surface area contributed by atoms with Gasteiger partial charge in [0, 0.05) is 10.0 Å². The SMILES string of the molecule is O=S(=O)(Nc1ncc(Br)nc1O)[C@H](c1cc(Cl)cc(Cl)c1)C(F)(F)F. The number of nitrogens with zero attached hydrogens (tertiary/aromatic N) is 2. The zero-order chi connectivity index (χ0) is 19.0. The van der Waals surface area contributed by atoms with E-state index < -0.39 is 38.7 Å². The minimum atomic E-state index is -5.20. The van der Waals surface area contributed by atoms with E-state index in [9.17, 15) is 26.7 Å². The predicted molar refractivity (Wildman–Crippen MR) is 89.2 cm³/mol. The van der Waals surface area contributed by atoms with E-state index in [1.165, 1.54) is 0 Å². The van der Waals surface area contributed by atoms with Crippen LogP contribution in [0.2, 0.25) is 10.0 Å². The Morgan fingerprint density at radius 1 is 1.20 bits per heavy atom. The molecule has 6 nitrogen and oxygen atoms in total. The summed E-state index contributed by atoms with van der Waals surface area (Å²) in [5.41, 5.74) is -0.693. The molecule has 136 valence electrons. The van der Waals surface area contributed by atoms with Crippen molar-refractivity contribution in [2.45, 2.75) is 11.4 Å². The molecule has 1 heterocycles. The number of aromatic nitrogens is 2. The zero-order valence-corrected chi connectivity index (χ0v) is 15.6. The van der Waals surface area contributed by atoms with Gasteiger partial charge in [-0.2, -0.15) is 13.2 Å². The van der Waals surface area contributed by atoms with Gasteiger partial charge in [0.05, 0.1) is 6.20 Å². The topological polar surface area (TPSA) is 92.2 Å². The molecule has 0 aliphatic carbocycles. The van der Waals surface area contributed by atoms with Gasteiger partial charge in [-0.05, 0) is 39.7 Å². The van der Waals surface area contributed by atoms with Crippen molar-refractivity contribution in [2.24, 2.45) is 0 Å². The van der Waals surface area contributed by atoms with Crippen LogP contribution >= 0.6 is 39.1 Å². The van der Waals surface area contributed by atoms with E-state index in [4.69, 9.17) is 23.2 Å². The summed E-state index contributed by atoms with van der Waals surface area (Å²) in [5, 5.41) is 6.21. The van der Waals surface area contributed by atoms with Gasteiger partial charge < -0.3 is 5.11 Å². The molecule has 0 spiro atoms. The molecule has 0 fully saturated rings. The van der Waals surface area contributed by atoms with Gasteiger partial charge in [-0.1, -0.05) is 23.2 Å². The van der Waals surface area contributed by atoms with Crippen molar-refractivity contribution in [2.75, 3.05) is 4.72 Å². The molecule has 0 saturated heterocycles. The second kappa shape index (κ2) is 7.14. The Morgan fingerprint density at radius 3 is 2.24 bits per heavy atom. The summed E-state index contributed by atoms with van der Waals surface area (Å²) in [5.74, 6) is -1.66. The van der Waals surface area contributed by atoms with E-state index >= 15 is 0 Å². The lowest BCUT2D eigenvalue weighted by Crippen LogP contribution is -2.33. The summed E-state index contributed by atoms with van der Waals surface area (Å²) < 4.78 is 66.5. The van der Waals surface area contributed by atoms with Crippen LogP contribution in [0.4, 0.5) is 19.0 Å². The molecule has 2 rings (SSSR count). The summed E-state index contributed by atoms with van der Waals surface area (Å²) >= 11 is 14.2. The summed E-state index contributed by atoms with van der Waals surface area (Å²) in [4.78, 5) is 6.93. The largest absolute Gasteiger partial charge is 0.491 e. The molecular weight excluding hydrogens is 474 g/mol. The van der Waals surface area contributed by atoms with Gasteiger partial charge in [-0.25, -0.2) is 18.4 Å². The monoisotopic (exact) mass is 479 g/mol. The number of nitrogens with one attached hydrogen (secondary N) is 1. The molecule has 0 unspecified atom stereocenters. The number of rotatable bonds is 4. The molecule has 0 saturated carbocycles. The first-order valence-electron chi connectivity index (χ1n) is 6.16. The Bertz CT molecular complexity index is 892. The van der Waals surface area contributed by atoms with Crippen molar-refractivity contribution >= 4 is 55.0 Å². The van der Waals surface area contributed by atoms with Crippen molar-refractivity contribution in [1.29, 1.82) is 0 Å². The molecular formula is C12H7BrCl2F3N3O3S. The molecule has 13 heteroatoms. The average Bonchev–Trinajstić information content (AvgIpc) is 2.38. The van der Waals surface area contributed by atoms with Gasteiger partial charge in [-0.3, -0.25) is 4.72 Å². The Labute approximate surface area is 158 Å². The summed E-state index contributed by atoms with van der Waals surface area (Å²) in [6.45, 7) is 0. The Morgan fingerprint density at radius 2 is 1.76 bits per heavy atom. The van der Waals surface area contributed by atoms with Crippen LogP contribution in [-0.2, 0) is 10.0 Å². The molecule has 0 amide bonds. The van der Waals surface area contributed by atoms with Gasteiger partial charge in [0.25, 0.3) is 5.88 Å². The number of alkyl halides is 3. The average molecular weight is 481 g/mol. The quantitative estimate of drug-likeness (QED) is 0.680. The zero-order valence-electron chi connectivity index (χ0n) is 11.7. The third-order valence-corrected chi connectivity index (χ3v) is 5.22. The molecule has 2 N–H and O–H groups in total. The van der Waals surface area contributed by atoms with Crippen LogP contribution in [-0.4, -0.2) is 29.7 Å². The summed E-state index contributed by atoms with van der Waals surface area (Å²) in [6.07, 6.45) is -4.20. The number of halogens is 6. The third kappa shape index (κ3) is 4.87. The van der Waals surface area contributed by atoms with E-state index in [1.54, 1.807) is 4.72 Å². The van der Waals surface area contributed by atoms with E-state index in [2.05, 4.69) is 25.9 Å². The number of hydrogen-bond donors (Lipinski definition) is 2. The lowest BCUT2D eigenvalue weighted by molar-refractivity contribution is -0.131. The number of anilines is 1. The van der Waals surface area contributed by atoms with Crippen molar-refractivity contribution in [1.82, 2.24) is 9.97 Å². The van der Waals surface area contributed by atoms with Crippen LogP contribution < -0.4 is 4.72 Å². The van der Waals surface area contributed by atoms with Crippen molar-refractivity contribution in [3.05, 3.63) is 44.6 Å². The normalized spacial score (nSPS) is 13.5. The third-order valence-electron chi connectivity index (χ3n) is 2.76. The van der Waals surface area contributed by atoms with E-state index in [1.807, 2.05) is 0 Å². The van der Waals surface area contributed by atoms with Crippen LogP contribution in [0.1, 0.15) is 10.8 Å². The maximum absolute atomic E-state index is 13.4. The van der Waals surface area contributed by atoms with Crippen LogP contribution in [0.25, 0.3) is 0 Å². The fourth-order valence-electron chi connectivity index (χ4n) is 1.89. The van der Waals surface area contributed by atoms with Crippen molar-refractivity contribution in [3.63, 3.8) is 0 Å². The molecule has 1 aromatic heterocycles. The maximum Gasteiger partial charge on any atom is 0.411 e. The van der Waals surface area contributed by atoms with Crippen LogP contribution in [0.15, 0.2) is 29.0 Å². The number of sulfonamides is 1. The maximum atomic E-state index is 13.4. The number of hydrogen-bond acceptors (Lipinski definition) is 5. The standard InChI is InChI=1S/C12H7BrCl2F3N3O3S/c13-8-4-19-10(11(22)20-8)21-25(23,24)9(12(16,17)18)5-1-6(14)3-7(15)2-5/h1-4,9H,(H,19,21)(H,20,22)/t9-/m1/s1. The van der Waals surface area contributed by atoms with Gasteiger partial charge in [0.1, 0.15) is 4.60 Å². The first-order chi connectivity index (χ1) is 11.4. The molecule has 0 radical (unpaired) electrons. The second-order valence-electron chi connectivity index (χ2n) is 4.64. The first kappa shape index (κ1) is 20.0. The number of benzene rings is 1. The highest BCUT2D eigenvalue weighted by Crippen LogP contribution is 2.41. The van der Waals surface area contributed by atoms with E-state index in [0.717, 1.165) is 24.4 Å². The fraction of sp³-hybridized carbons (Fsp3) is 0.167. The molecule has 0 aliphatic heterocycles. The van der Waals surface area contributed by atoms with Crippen LogP contribution in [0, 0.1) is 0 Å². The minimum absolute atomic E-state index is 0.0574. The molecule has 1 aromatic carbocycles. The molecule has 0 aliphatic rings. The lowest BCUT2D eigenvalue weighted by atomic mass is 10.1. The van der Waals surface area contributed by atoms with Gasteiger partial charge in [-0.15, -0.1) is 0 Å². The summed E-state index contributed by atoms with van der Waals surface area (Å²) in [6, 6.07) is 2.82. The lowest BCUT2D eigenvalue weighted by Gasteiger charge is -2.22. The van der Waals surface area contributed by atoms with Crippen LogP contribution in [0.5, 0.6) is 5.88 Å². The Balaban J connectivity index is 2.53. The van der Waals surface area contributed by atoms with Gasteiger partial charge in [0.15, 0.2) is 0 Å². The predicted octanol–water partition coefficient (Wildman–Crippen LogP) is 4.30. The highest BCUT2D eigenvalue weighted by Gasteiger charge is 2.50. The van der Waals surface area contributed by atoms with E-state index in [-0.39, 0.29) is 14.6 Å². The molecule has 1 atom stereocenters.